The summed E-state index contributed by atoms with van der Waals surface area (Å²) in [7, 11) is -6.87. The first kappa shape index (κ1) is 19.8. The maximum Gasteiger partial charge on any atom is 0.243 e. The fourth-order valence-corrected chi connectivity index (χ4v) is 8.45. The number of nitrogens with zero attached hydrogens (tertiary/aromatic N) is 1. The summed E-state index contributed by atoms with van der Waals surface area (Å²) < 4.78 is 51.5. The molecule has 0 spiro atoms. The van der Waals surface area contributed by atoms with Crippen molar-refractivity contribution in [2.75, 3.05) is 18.1 Å². The Kier molecular flexibility index (Phi) is 5.80. The van der Waals surface area contributed by atoms with E-state index in [1.807, 2.05) is 19.1 Å². The van der Waals surface area contributed by atoms with E-state index in [1.165, 1.54) is 42.0 Å². The lowest BCUT2D eigenvalue weighted by molar-refractivity contribution is 0.303. The highest BCUT2D eigenvalue weighted by Crippen LogP contribution is 2.34. The molecule has 1 aliphatic heterocycles. The van der Waals surface area contributed by atoms with Crippen molar-refractivity contribution < 1.29 is 16.8 Å². The molecule has 3 rings (SSSR count). The van der Waals surface area contributed by atoms with Gasteiger partial charge in [0.25, 0.3) is 0 Å². The van der Waals surface area contributed by atoms with Crippen LogP contribution in [0.4, 0.5) is 0 Å². The van der Waals surface area contributed by atoms with E-state index in [4.69, 9.17) is 0 Å². The van der Waals surface area contributed by atoms with Gasteiger partial charge in [-0.2, -0.15) is 4.31 Å². The van der Waals surface area contributed by atoms with Crippen LogP contribution in [0.5, 0.6) is 0 Å². The Morgan fingerprint density at radius 1 is 1.04 bits per heavy atom. The Hall–Kier alpha value is -0.920. The third-order valence-electron chi connectivity index (χ3n) is 5.84. The summed E-state index contributed by atoms with van der Waals surface area (Å²) in [5.41, 5.74) is 1.21. The van der Waals surface area contributed by atoms with Gasteiger partial charge in [-0.25, -0.2) is 16.8 Å². The molecule has 1 aromatic rings. The van der Waals surface area contributed by atoms with Crippen molar-refractivity contribution in [3.63, 3.8) is 0 Å². The molecule has 0 bridgehead atoms. The molecule has 0 amide bonds. The largest absolute Gasteiger partial charge is 0.243 e. The Morgan fingerprint density at radius 2 is 1.65 bits per heavy atom. The van der Waals surface area contributed by atoms with Crippen LogP contribution in [0.25, 0.3) is 0 Å². The molecular weight excluding hydrogens is 370 g/mol. The Bertz CT molecular complexity index is 825. The van der Waals surface area contributed by atoms with E-state index >= 15 is 0 Å². The van der Waals surface area contributed by atoms with Crippen LogP contribution in [-0.2, 0) is 19.9 Å². The molecule has 1 aliphatic carbocycles. The van der Waals surface area contributed by atoms with Crippen LogP contribution in [0.15, 0.2) is 29.2 Å². The van der Waals surface area contributed by atoms with Gasteiger partial charge in [0.15, 0.2) is 9.84 Å². The molecule has 0 radical (unpaired) electrons. The number of sulfonamides is 1. The molecule has 2 atom stereocenters. The Balaban J connectivity index is 1.84. The van der Waals surface area contributed by atoms with E-state index in [0.717, 1.165) is 0 Å². The van der Waals surface area contributed by atoms with E-state index in [1.54, 1.807) is 19.1 Å². The zero-order valence-electron chi connectivity index (χ0n) is 15.6. The molecule has 146 valence electrons. The summed E-state index contributed by atoms with van der Waals surface area (Å²) in [6.45, 7) is 3.86. The van der Waals surface area contributed by atoms with Crippen molar-refractivity contribution in [3.05, 3.63) is 29.8 Å². The lowest BCUT2D eigenvalue weighted by Crippen LogP contribution is -2.43. The van der Waals surface area contributed by atoms with E-state index in [-0.39, 0.29) is 28.9 Å². The summed E-state index contributed by atoms with van der Waals surface area (Å²) in [4.78, 5) is 0.260. The molecule has 0 aromatic heterocycles. The standard InChI is InChI=1S/C19H29NO4S2/c1-3-20(19-14-25(21,22)13-15(19)2)26(23,24)18-11-9-17(10-12-18)16-7-5-4-6-8-16/h9-12,15-16,19H,3-8,13-14H2,1-2H3/t15-,19-/m0/s1. The minimum Gasteiger partial charge on any atom is -0.229 e. The number of hydrogen-bond donors (Lipinski definition) is 0. The maximum absolute atomic E-state index is 13.1. The van der Waals surface area contributed by atoms with Crippen molar-refractivity contribution in [2.24, 2.45) is 5.92 Å². The van der Waals surface area contributed by atoms with Gasteiger partial charge >= 0.3 is 0 Å². The summed E-state index contributed by atoms with van der Waals surface area (Å²) >= 11 is 0. The highest BCUT2D eigenvalue weighted by Gasteiger charge is 2.42. The molecule has 26 heavy (non-hydrogen) atoms. The lowest BCUT2D eigenvalue weighted by atomic mass is 9.84. The summed E-state index contributed by atoms with van der Waals surface area (Å²) in [6, 6.07) is 6.77. The van der Waals surface area contributed by atoms with Crippen molar-refractivity contribution in [1.82, 2.24) is 4.31 Å². The smallest absolute Gasteiger partial charge is 0.229 e. The van der Waals surface area contributed by atoms with Crippen LogP contribution < -0.4 is 0 Å². The van der Waals surface area contributed by atoms with Crippen LogP contribution >= 0.6 is 0 Å². The molecule has 0 N–H and O–H groups in total. The monoisotopic (exact) mass is 399 g/mol. The van der Waals surface area contributed by atoms with Crippen molar-refractivity contribution >= 4 is 19.9 Å². The van der Waals surface area contributed by atoms with E-state index in [0.29, 0.717) is 5.92 Å². The molecule has 1 saturated carbocycles. The second-order valence-corrected chi connectivity index (χ2v) is 11.8. The number of hydrogen-bond acceptors (Lipinski definition) is 4. The molecule has 5 nitrogen and oxygen atoms in total. The molecule has 1 saturated heterocycles. The van der Waals surface area contributed by atoms with Crippen molar-refractivity contribution in [1.29, 1.82) is 0 Å². The predicted octanol–water partition coefficient (Wildman–Crippen LogP) is 3.18. The highest BCUT2D eigenvalue weighted by molar-refractivity contribution is 7.92. The second kappa shape index (κ2) is 7.60. The highest BCUT2D eigenvalue weighted by atomic mass is 32.2. The first-order valence-electron chi connectivity index (χ1n) is 9.57. The van der Waals surface area contributed by atoms with Gasteiger partial charge in [0.2, 0.25) is 10.0 Å². The topological polar surface area (TPSA) is 71.5 Å². The van der Waals surface area contributed by atoms with Gasteiger partial charge in [0, 0.05) is 12.6 Å². The van der Waals surface area contributed by atoms with Gasteiger partial charge in [-0.15, -0.1) is 0 Å². The van der Waals surface area contributed by atoms with Crippen molar-refractivity contribution in [3.8, 4) is 0 Å². The quantitative estimate of drug-likeness (QED) is 0.762. The van der Waals surface area contributed by atoms with Gasteiger partial charge in [-0.05, 0) is 42.4 Å². The normalized spacial score (nSPS) is 27.0. The van der Waals surface area contributed by atoms with Gasteiger partial charge in [-0.1, -0.05) is 45.2 Å². The summed E-state index contributed by atoms with van der Waals surface area (Å²) in [5.74, 6) is 0.324. The van der Waals surface area contributed by atoms with Crippen LogP contribution in [-0.4, -0.2) is 45.2 Å². The van der Waals surface area contributed by atoms with Crippen LogP contribution in [0.1, 0.15) is 57.4 Å². The van der Waals surface area contributed by atoms with Crippen LogP contribution in [0.3, 0.4) is 0 Å². The third-order valence-corrected chi connectivity index (χ3v) is 9.74. The van der Waals surface area contributed by atoms with Gasteiger partial charge in [0.05, 0.1) is 16.4 Å². The zero-order valence-corrected chi connectivity index (χ0v) is 17.2. The average molecular weight is 400 g/mol. The van der Waals surface area contributed by atoms with E-state index in [9.17, 15) is 16.8 Å². The Labute approximate surface area is 157 Å². The first-order valence-corrected chi connectivity index (χ1v) is 12.8. The minimum absolute atomic E-state index is 0.0598. The van der Waals surface area contributed by atoms with Gasteiger partial charge in [0.1, 0.15) is 0 Å². The molecule has 2 fully saturated rings. The molecule has 0 unspecified atom stereocenters. The fraction of sp³-hybridized carbons (Fsp3) is 0.684. The van der Waals surface area contributed by atoms with Gasteiger partial charge < -0.3 is 0 Å². The number of sulfone groups is 1. The molecular formula is C19H29NO4S2. The zero-order chi connectivity index (χ0) is 18.9. The third kappa shape index (κ3) is 3.99. The van der Waals surface area contributed by atoms with E-state index < -0.39 is 25.9 Å². The second-order valence-electron chi connectivity index (χ2n) is 7.73. The Morgan fingerprint density at radius 3 is 2.15 bits per heavy atom. The van der Waals surface area contributed by atoms with Crippen molar-refractivity contribution in [2.45, 2.75) is 62.8 Å². The minimum atomic E-state index is -3.70. The molecule has 7 heteroatoms. The number of rotatable bonds is 5. The summed E-state index contributed by atoms with van der Waals surface area (Å²) in [6.07, 6.45) is 6.11. The molecule has 1 aromatic carbocycles. The lowest BCUT2D eigenvalue weighted by Gasteiger charge is -2.29. The SMILES string of the molecule is CCN([C@H]1CS(=O)(=O)C[C@@H]1C)S(=O)(=O)c1ccc(C2CCCCC2)cc1. The van der Waals surface area contributed by atoms with E-state index in [2.05, 4.69) is 0 Å². The average Bonchev–Trinajstić information content (AvgIpc) is 2.88. The first-order chi connectivity index (χ1) is 12.2. The summed E-state index contributed by atoms with van der Waals surface area (Å²) in [5, 5.41) is 0. The van der Waals surface area contributed by atoms with Crippen LogP contribution in [0, 0.1) is 5.92 Å². The van der Waals surface area contributed by atoms with Gasteiger partial charge in [-0.3, -0.25) is 0 Å². The maximum atomic E-state index is 13.1. The number of benzene rings is 1. The molecule has 1 heterocycles. The predicted molar refractivity (Wildman–Crippen MR) is 103 cm³/mol. The van der Waals surface area contributed by atoms with Crippen LogP contribution in [0.2, 0.25) is 0 Å². The fourth-order valence-electron chi connectivity index (χ4n) is 4.44. The molecule has 2 aliphatic rings.